The van der Waals surface area contributed by atoms with E-state index in [-0.39, 0.29) is 22.8 Å². The van der Waals surface area contributed by atoms with Crippen LogP contribution in [-0.4, -0.2) is 30.2 Å². The second-order valence-electron chi connectivity index (χ2n) is 5.86. The molecule has 3 rings (SSSR count). The van der Waals surface area contributed by atoms with Gasteiger partial charge in [0.05, 0.1) is 36.3 Å². The van der Waals surface area contributed by atoms with Gasteiger partial charge in [0.2, 0.25) is 0 Å². The number of hydrogen-bond donors (Lipinski definition) is 1. The first kappa shape index (κ1) is 20.2. The zero-order valence-electron chi connectivity index (χ0n) is 15.5. The summed E-state index contributed by atoms with van der Waals surface area (Å²) in [4.78, 5) is 22.6. The number of nitro benzene ring substituents is 1. The van der Waals surface area contributed by atoms with E-state index in [4.69, 9.17) is 25.6 Å². The van der Waals surface area contributed by atoms with Gasteiger partial charge in [-0.15, -0.1) is 0 Å². The predicted octanol–water partition coefficient (Wildman–Crippen LogP) is 3.85. The third-order valence-electron chi connectivity index (χ3n) is 4.06. The van der Waals surface area contributed by atoms with Gasteiger partial charge < -0.3 is 19.3 Å². The van der Waals surface area contributed by atoms with Crippen LogP contribution in [0.1, 0.15) is 16.1 Å². The number of aromatic nitrogens is 1. The quantitative estimate of drug-likeness (QED) is 0.458. The largest absolute Gasteiger partial charge is 0.493 e. The molecule has 2 aromatic carbocycles. The van der Waals surface area contributed by atoms with Gasteiger partial charge in [0, 0.05) is 23.8 Å². The van der Waals surface area contributed by atoms with E-state index < -0.39 is 10.8 Å². The third kappa shape index (κ3) is 4.46. The number of methoxy groups -OCH3 is 2. The molecule has 0 bridgehead atoms. The van der Waals surface area contributed by atoms with Gasteiger partial charge >= 0.3 is 0 Å². The van der Waals surface area contributed by atoms with Crippen LogP contribution in [0, 0.1) is 10.1 Å². The van der Waals surface area contributed by atoms with Crippen molar-refractivity contribution in [3.8, 4) is 22.8 Å². The molecule has 0 fully saturated rings. The van der Waals surface area contributed by atoms with Crippen molar-refractivity contribution in [2.75, 3.05) is 14.2 Å². The first-order chi connectivity index (χ1) is 13.9. The molecular weight excluding hydrogens is 402 g/mol. The third-order valence-corrected chi connectivity index (χ3v) is 4.39. The summed E-state index contributed by atoms with van der Waals surface area (Å²) in [6.45, 7) is 0.0502. The molecular formula is C19H16ClN3O6. The summed E-state index contributed by atoms with van der Waals surface area (Å²) in [5.74, 6) is 1.03. The average Bonchev–Trinajstić information content (AvgIpc) is 3.20. The van der Waals surface area contributed by atoms with Crippen molar-refractivity contribution in [3.63, 3.8) is 0 Å². The Hall–Kier alpha value is -3.59. The molecule has 0 atom stereocenters. The first-order valence-electron chi connectivity index (χ1n) is 8.33. The molecule has 3 aromatic rings. The van der Waals surface area contributed by atoms with Gasteiger partial charge in [-0.2, -0.15) is 0 Å². The lowest BCUT2D eigenvalue weighted by Gasteiger charge is -2.07. The topological polar surface area (TPSA) is 117 Å². The number of amides is 1. The van der Waals surface area contributed by atoms with E-state index in [1.54, 1.807) is 31.4 Å². The average molecular weight is 418 g/mol. The fraction of sp³-hybridized carbons (Fsp3) is 0.158. The van der Waals surface area contributed by atoms with E-state index in [2.05, 4.69) is 10.5 Å². The van der Waals surface area contributed by atoms with Gasteiger partial charge in [-0.1, -0.05) is 16.8 Å². The Morgan fingerprint density at radius 3 is 2.62 bits per heavy atom. The van der Waals surface area contributed by atoms with Crippen LogP contribution in [0.3, 0.4) is 0 Å². The molecule has 0 saturated heterocycles. The highest BCUT2D eigenvalue weighted by Crippen LogP contribution is 2.32. The van der Waals surface area contributed by atoms with Crippen LogP contribution < -0.4 is 14.8 Å². The molecule has 1 amide bonds. The van der Waals surface area contributed by atoms with Crippen molar-refractivity contribution in [2.45, 2.75) is 6.54 Å². The molecule has 0 aliphatic rings. The van der Waals surface area contributed by atoms with Crippen LogP contribution >= 0.6 is 11.6 Å². The van der Waals surface area contributed by atoms with Gasteiger partial charge in [0.25, 0.3) is 11.6 Å². The fourth-order valence-corrected chi connectivity index (χ4v) is 2.79. The van der Waals surface area contributed by atoms with Gasteiger partial charge in [-0.25, -0.2) is 0 Å². The lowest BCUT2D eigenvalue weighted by atomic mass is 10.1. The molecule has 150 valence electrons. The monoisotopic (exact) mass is 417 g/mol. The van der Waals surface area contributed by atoms with Gasteiger partial charge in [-0.05, 0) is 24.3 Å². The highest BCUT2D eigenvalue weighted by atomic mass is 35.5. The van der Waals surface area contributed by atoms with Crippen molar-refractivity contribution in [3.05, 3.63) is 68.9 Å². The number of nitro groups is 1. The van der Waals surface area contributed by atoms with E-state index in [9.17, 15) is 14.9 Å². The fourth-order valence-electron chi connectivity index (χ4n) is 2.59. The maximum absolute atomic E-state index is 12.3. The zero-order valence-corrected chi connectivity index (χ0v) is 16.2. The number of benzene rings is 2. The highest BCUT2D eigenvalue weighted by molar-refractivity contribution is 6.33. The molecule has 29 heavy (non-hydrogen) atoms. The Kier molecular flexibility index (Phi) is 5.99. The molecule has 0 radical (unpaired) electrons. The molecule has 0 saturated carbocycles. The second kappa shape index (κ2) is 8.61. The number of carbonyl (C=O) groups excluding carboxylic acids is 1. The van der Waals surface area contributed by atoms with E-state index in [1.165, 1.54) is 19.2 Å². The lowest BCUT2D eigenvalue weighted by molar-refractivity contribution is -0.384. The van der Waals surface area contributed by atoms with E-state index >= 15 is 0 Å². The SMILES string of the molecule is COc1ccc(-c2cc(CNC(=O)c3cc([N+](=O)[O-])ccc3Cl)no2)cc1OC. The number of carbonyl (C=O) groups is 1. The Morgan fingerprint density at radius 1 is 1.17 bits per heavy atom. The van der Waals surface area contributed by atoms with Crippen molar-refractivity contribution in [2.24, 2.45) is 0 Å². The van der Waals surface area contributed by atoms with Crippen LogP contribution in [-0.2, 0) is 6.54 Å². The Balaban J connectivity index is 1.72. The number of nitrogens with zero attached hydrogens (tertiary/aromatic N) is 2. The molecule has 1 N–H and O–H groups in total. The molecule has 9 nitrogen and oxygen atoms in total. The summed E-state index contributed by atoms with van der Waals surface area (Å²) < 4.78 is 15.8. The maximum Gasteiger partial charge on any atom is 0.270 e. The minimum atomic E-state index is -0.597. The number of ether oxygens (including phenoxy) is 2. The summed E-state index contributed by atoms with van der Waals surface area (Å²) in [7, 11) is 3.07. The summed E-state index contributed by atoms with van der Waals surface area (Å²) in [6, 6.07) is 10.6. The normalized spacial score (nSPS) is 10.4. The van der Waals surface area contributed by atoms with Gasteiger partial charge in [-0.3, -0.25) is 14.9 Å². The lowest BCUT2D eigenvalue weighted by Crippen LogP contribution is -2.23. The van der Waals surface area contributed by atoms with Crippen molar-refractivity contribution >= 4 is 23.2 Å². The minimum Gasteiger partial charge on any atom is -0.493 e. The first-order valence-corrected chi connectivity index (χ1v) is 8.71. The zero-order chi connectivity index (χ0) is 21.0. The Labute approximate surface area is 170 Å². The Morgan fingerprint density at radius 2 is 1.93 bits per heavy atom. The van der Waals surface area contributed by atoms with Crippen LogP contribution in [0.4, 0.5) is 5.69 Å². The Bertz CT molecular complexity index is 1070. The van der Waals surface area contributed by atoms with E-state index in [0.717, 1.165) is 11.6 Å². The van der Waals surface area contributed by atoms with Gasteiger partial charge in [0.15, 0.2) is 17.3 Å². The predicted molar refractivity (Wildman–Crippen MR) is 104 cm³/mol. The summed E-state index contributed by atoms with van der Waals surface area (Å²) >= 11 is 5.98. The number of non-ortho nitro benzene ring substituents is 1. The van der Waals surface area contributed by atoms with Crippen LogP contribution in [0.5, 0.6) is 11.5 Å². The molecule has 0 unspecified atom stereocenters. The minimum absolute atomic E-state index is 0.00414. The summed E-state index contributed by atoms with van der Waals surface area (Å²) in [5.41, 5.74) is 0.959. The maximum atomic E-state index is 12.3. The molecule has 0 aliphatic heterocycles. The summed E-state index contributed by atoms with van der Waals surface area (Å²) in [5, 5.41) is 17.5. The molecule has 10 heteroatoms. The second-order valence-corrected chi connectivity index (χ2v) is 6.26. The van der Waals surface area contributed by atoms with Gasteiger partial charge in [0.1, 0.15) is 5.69 Å². The smallest absolute Gasteiger partial charge is 0.270 e. The number of hydrogen-bond acceptors (Lipinski definition) is 7. The standard InChI is InChI=1S/C19H16ClN3O6/c1-27-16-6-3-11(7-18(16)28-2)17-8-12(22-29-17)10-21-19(24)14-9-13(23(25)26)4-5-15(14)20/h3-9H,10H2,1-2H3,(H,21,24). The molecule has 0 spiro atoms. The van der Waals surface area contributed by atoms with E-state index in [0.29, 0.717) is 23.0 Å². The number of halogens is 1. The van der Waals surface area contributed by atoms with Crippen LogP contribution in [0.25, 0.3) is 11.3 Å². The van der Waals surface area contributed by atoms with Crippen LogP contribution in [0.15, 0.2) is 47.0 Å². The molecule has 1 heterocycles. The van der Waals surface area contributed by atoms with Crippen molar-refractivity contribution in [1.82, 2.24) is 10.5 Å². The van der Waals surface area contributed by atoms with Crippen molar-refractivity contribution < 1.29 is 23.7 Å². The van der Waals surface area contributed by atoms with E-state index in [1.807, 2.05) is 0 Å². The molecule has 1 aromatic heterocycles. The summed E-state index contributed by atoms with van der Waals surface area (Å²) in [6.07, 6.45) is 0. The van der Waals surface area contributed by atoms with Crippen LogP contribution in [0.2, 0.25) is 5.02 Å². The van der Waals surface area contributed by atoms with Crippen molar-refractivity contribution in [1.29, 1.82) is 0 Å². The highest BCUT2D eigenvalue weighted by Gasteiger charge is 2.17. The number of rotatable bonds is 7. The molecule has 0 aliphatic carbocycles. The number of nitrogens with one attached hydrogen (secondary N) is 1.